The number of carbonyl (C=O) groups is 3. The van der Waals surface area contributed by atoms with Crippen LogP contribution in [0.15, 0.2) is 12.2 Å². The second-order valence-corrected chi connectivity index (χ2v) is 3.73. The summed E-state index contributed by atoms with van der Waals surface area (Å²) in [5.41, 5.74) is 0. The first-order valence-corrected chi connectivity index (χ1v) is 4.56. The van der Waals surface area contributed by atoms with Crippen molar-refractivity contribution in [1.82, 2.24) is 4.90 Å². The summed E-state index contributed by atoms with van der Waals surface area (Å²) in [5.74, 6) is -0.618. The second kappa shape index (κ2) is 4.17. The number of carbonyl (C=O) groups excluding carboxylic acids is 3. The molecule has 0 bridgehead atoms. The lowest BCUT2D eigenvalue weighted by molar-refractivity contribution is -0.140. The summed E-state index contributed by atoms with van der Waals surface area (Å²) in [6.07, 6.45) is 2.77. The summed E-state index contributed by atoms with van der Waals surface area (Å²) in [4.78, 5) is 34.4. The smallest absolute Gasteiger partial charge is 0.254 e. The third-order valence-corrected chi connectivity index (χ3v) is 1.87. The Balaban J connectivity index is 2.49. The number of hydrogen-bond acceptors (Lipinski definition) is 3. The third-order valence-electron chi connectivity index (χ3n) is 1.87. The van der Waals surface area contributed by atoms with Crippen molar-refractivity contribution in [3.63, 3.8) is 0 Å². The van der Waals surface area contributed by atoms with Crippen molar-refractivity contribution >= 4 is 17.6 Å². The maximum atomic E-state index is 11.3. The maximum Gasteiger partial charge on any atom is 0.254 e. The quantitative estimate of drug-likeness (QED) is 0.615. The fraction of sp³-hybridized carbons (Fsp3) is 0.500. The van der Waals surface area contributed by atoms with Crippen LogP contribution in [-0.4, -0.2) is 29.0 Å². The van der Waals surface area contributed by atoms with E-state index in [1.54, 1.807) is 0 Å². The molecule has 76 valence electrons. The molecule has 2 amide bonds. The molecule has 1 aliphatic heterocycles. The molecule has 1 rings (SSSR count). The van der Waals surface area contributed by atoms with Gasteiger partial charge in [-0.15, -0.1) is 0 Å². The number of nitrogens with zero attached hydrogens (tertiary/aromatic N) is 1. The SMILES string of the molecule is CC(C)CC(=O)CN1C(=O)C=CC1=O. The van der Waals surface area contributed by atoms with Crippen molar-refractivity contribution in [2.45, 2.75) is 20.3 Å². The summed E-state index contributed by atoms with van der Waals surface area (Å²) in [5, 5.41) is 0. The second-order valence-electron chi connectivity index (χ2n) is 3.73. The molecule has 0 atom stereocenters. The van der Waals surface area contributed by atoms with Crippen molar-refractivity contribution in [1.29, 1.82) is 0 Å². The number of hydrogen-bond donors (Lipinski definition) is 0. The highest BCUT2D eigenvalue weighted by Crippen LogP contribution is 2.06. The Bertz CT molecular complexity index is 286. The van der Waals surface area contributed by atoms with E-state index in [1.165, 1.54) is 12.2 Å². The average molecular weight is 195 g/mol. The molecular formula is C10H13NO3. The van der Waals surface area contributed by atoms with Gasteiger partial charge in [-0.1, -0.05) is 13.8 Å². The van der Waals surface area contributed by atoms with Gasteiger partial charge in [-0.25, -0.2) is 0 Å². The lowest BCUT2D eigenvalue weighted by Crippen LogP contribution is -2.35. The summed E-state index contributed by atoms with van der Waals surface area (Å²) >= 11 is 0. The first kappa shape index (κ1) is 10.6. The molecule has 4 heteroatoms. The molecule has 1 heterocycles. The van der Waals surface area contributed by atoms with Crippen LogP contribution in [0.3, 0.4) is 0 Å². The van der Waals surface area contributed by atoms with E-state index in [9.17, 15) is 14.4 Å². The zero-order valence-electron chi connectivity index (χ0n) is 8.32. The zero-order valence-corrected chi connectivity index (χ0v) is 8.32. The van der Waals surface area contributed by atoms with Gasteiger partial charge in [0.1, 0.15) is 0 Å². The van der Waals surface area contributed by atoms with Gasteiger partial charge in [-0.05, 0) is 5.92 Å². The molecule has 0 fully saturated rings. The lowest BCUT2D eigenvalue weighted by Gasteiger charge is -2.13. The van der Waals surface area contributed by atoms with Gasteiger partial charge < -0.3 is 0 Å². The third kappa shape index (κ3) is 2.52. The summed E-state index contributed by atoms with van der Waals surface area (Å²) < 4.78 is 0. The van der Waals surface area contributed by atoms with Gasteiger partial charge in [0, 0.05) is 18.6 Å². The van der Waals surface area contributed by atoms with E-state index >= 15 is 0 Å². The van der Waals surface area contributed by atoms with Crippen LogP contribution in [0, 0.1) is 5.92 Å². The summed E-state index contributed by atoms with van der Waals surface area (Å²) in [6.45, 7) is 3.75. The van der Waals surface area contributed by atoms with Crippen LogP contribution in [0.5, 0.6) is 0 Å². The molecule has 0 spiro atoms. The van der Waals surface area contributed by atoms with Crippen LogP contribution >= 0.6 is 0 Å². The standard InChI is InChI=1S/C10H13NO3/c1-7(2)5-8(12)6-11-9(13)3-4-10(11)14/h3-4,7H,5-6H2,1-2H3. The monoisotopic (exact) mass is 195 g/mol. The van der Waals surface area contributed by atoms with Crippen LogP contribution in [0.25, 0.3) is 0 Å². The first-order valence-electron chi connectivity index (χ1n) is 4.56. The minimum Gasteiger partial charge on any atom is -0.298 e. The van der Waals surface area contributed by atoms with E-state index in [0.29, 0.717) is 6.42 Å². The maximum absolute atomic E-state index is 11.3. The summed E-state index contributed by atoms with van der Waals surface area (Å²) in [6, 6.07) is 0. The van der Waals surface area contributed by atoms with Gasteiger partial charge in [0.2, 0.25) is 0 Å². The van der Waals surface area contributed by atoms with E-state index in [-0.39, 0.29) is 18.2 Å². The van der Waals surface area contributed by atoms with Gasteiger partial charge in [-0.3, -0.25) is 19.3 Å². The molecule has 14 heavy (non-hydrogen) atoms. The molecular weight excluding hydrogens is 182 g/mol. The van der Waals surface area contributed by atoms with Crippen LogP contribution < -0.4 is 0 Å². The Labute approximate surface area is 82.6 Å². The van der Waals surface area contributed by atoms with Gasteiger partial charge in [-0.2, -0.15) is 0 Å². The Morgan fingerprint density at radius 1 is 1.29 bits per heavy atom. The molecule has 0 aliphatic carbocycles. The van der Waals surface area contributed by atoms with E-state index in [0.717, 1.165) is 4.90 Å². The molecule has 1 aliphatic rings. The van der Waals surface area contributed by atoms with Crippen molar-refractivity contribution in [2.24, 2.45) is 5.92 Å². The van der Waals surface area contributed by atoms with Gasteiger partial charge in [0.05, 0.1) is 6.54 Å². The summed E-state index contributed by atoms with van der Waals surface area (Å²) in [7, 11) is 0. The molecule has 0 aromatic heterocycles. The van der Waals surface area contributed by atoms with E-state index in [2.05, 4.69) is 0 Å². The minimum atomic E-state index is -0.396. The Morgan fingerprint density at radius 2 is 1.79 bits per heavy atom. The van der Waals surface area contributed by atoms with Crippen molar-refractivity contribution in [3.8, 4) is 0 Å². The van der Waals surface area contributed by atoms with Gasteiger partial charge in [0.15, 0.2) is 5.78 Å². The number of amides is 2. The van der Waals surface area contributed by atoms with E-state index < -0.39 is 11.8 Å². The first-order chi connectivity index (χ1) is 6.50. The number of rotatable bonds is 4. The molecule has 0 saturated carbocycles. The Morgan fingerprint density at radius 3 is 2.21 bits per heavy atom. The van der Waals surface area contributed by atoms with Crippen LogP contribution in [0.1, 0.15) is 20.3 Å². The number of ketones is 1. The largest absolute Gasteiger partial charge is 0.298 e. The fourth-order valence-corrected chi connectivity index (χ4v) is 1.28. The number of Topliss-reactive ketones (excluding diaryl/α,β-unsaturated/α-hetero) is 1. The predicted octanol–water partition coefficient (Wildman–Crippen LogP) is 0.527. The molecule has 0 saturated heterocycles. The van der Waals surface area contributed by atoms with Crippen molar-refractivity contribution in [2.75, 3.05) is 6.54 Å². The minimum absolute atomic E-state index is 0.0783. The van der Waals surface area contributed by atoms with Gasteiger partial charge in [0.25, 0.3) is 11.8 Å². The van der Waals surface area contributed by atoms with Crippen LogP contribution in [0.4, 0.5) is 0 Å². The van der Waals surface area contributed by atoms with Gasteiger partial charge >= 0.3 is 0 Å². The zero-order chi connectivity index (χ0) is 10.7. The van der Waals surface area contributed by atoms with Crippen LogP contribution in [0.2, 0.25) is 0 Å². The molecule has 0 N–H and O–H groups in total. The molecule has 4 nitrogen and oxygen atoms in total. The highest BCUT2D eigenvalue weighted by Gasteiger charge is 2.25. The number of imide groups is 1. The molecule has 0 radical (unpaired) electrons. The fourth-order valence-electron chi connectivity index (χ4n) is 1.28. The molecule has 0 aromatic carbocycles. The highest BCUT2D eigenvalue weighted by atomic mass is 16.2. The molecule has 0 aromatic rings. The Kier molecular flexibility index (Phi) is 3.17. The van der Waals surface area contributed by atoms with Crippen molar-refractivity contribution < 1.29 is 14.4 Å². The Hall–Kier alpha value is -1.45. The predicted molar refractivity (Wildman–Crippen MR) is 50.3 cm³/mol. The lowest BCUT2D eigenvalue weighted by atomic mass is 10.1. The highest BCUT2D eigenvalue weighted by molar-refractivity contribution is 6.14. The van der Waals surface area contributed by atoms with E-state index in [1.807, 2.05) is 13.8 Å². The van der Waals surface area contributed by atoms with Crippen LogP contribution in [-0.2, 0) is 14.4 Å². The molecule has 0 unspecified atom stereocenters. The average Bonchev–Trinajstić information content (AvgIpc) is 2.34. The van der Waals surface area contributed by atoms with E-state index in [4.69, 9.17) is 0 Å². The normalized spacial score (nSPS) is 15.8. The topological polar surface area (TPSA) is 54.5 Å². The van der Waals surface area contributed by atoms with Crippen molar-refractivity contribution in [3.05, 3.63) is 12.2 Å².